The van der Waals surface area contributed by atoms with Crippen molar-refractivity contribution < 1.29 is 17.9 Å². The van der Waals surface area contributed by atoms with Gasteiger partial charge in [-0.3, -0.25) is 0 Å². The molecule has 0 spiro atoms. The molecule has 20 heavy (non-hydrogen) atoms. The summed E-state index contributed by atoms with van der Waals surface area (Å²) in [4.78, 5) is 12.0. The number of hydrogen-bond donors (Lipinski definition) is 0. The van der Waals surface area contributed by atoms with Crippen LogP contribution in [0.2, 0.25) is 0 Å². The van der Waals surface area contributed by atoms with Gasteiger partial charge in [0, 0.05) is 13.1 Å². The fraction of sp³-hybridized carbons (Fsp3) is 0.615. The van der Waals surface area contributed by atoms with Crippen LogP contribution >= 0.6 is 11.3 Å². The fourth-order valence-corrected chi connectivity index (χ4v) is 5.47. The van der Waals surface area contributed by atoms with Crippen molar-refractivity contribution in [3.05, 3.63) is 15.8 Å². The van der Waals surface area contributed by atoms with Gasteiger partial charge in [0.1, 0.15) is 9.77 Å². The Bertz CT molecular complexity index is 598. The summed E-state index contributed by atoms with van der Waals surface area (Å²) in [5.41, 5.74) is 0.606. The van der Waals surface area contributed by atoms with Gasteiger partial charge in [0.15, 0.2) is 0 Å². The standard InChI is InChI=1S/C13H19NO4S2/c1-9-4-6-14(7-5-9)20(16,17)12-10(2)8-19-11(12)13(15)18-3/h8-9H,4-7H2,1-3H3. The van der Waals surface area contributed by atoms with Gasteiger partial charge in [-0.15, -0.1) is 11.3 Å². The molecule has 0 unspecified atom stereocenters. The average molecular weight is 317 g/mol. The van der Waals surface area contributed by atoms with E-state index in [1.807, 2.05) is 0 Å². The lowest BCUT2D eigenvalue weighted by Crippen LogP contribution is -2.38. The van der Waals surface area contributed by atoms with Crippen molar-refractivity contribution in [3.63, 3.8) is 0 Å². The molecule has 0 aromatic carbocycles. The molecule has 0 radical (unpaired) electrons. The Balaban J connectivity index is 2.39. The topological polar surface area (TPSA) is 63.7 Å². The first-order valence-electron chi connectivity index (χ1n) is 6.54. The van der Waals surface area contributed by atoms with Crippen molar-refractivity contribution in [2.75, 3.05) is 20.2 Å². The van der Waals surface area contributed by atoms with Crippen LogP contribution in [0.25, 0.3) is 0 Å². The zero-order valence-corrected chi connectivity index (χ0v) is 13.5. The Kier molecular flexibility index (Phi) is 4.51. The molecule has 1 aliphatic heterocycles. The number of aryl methyl sites for hydroxylation is 1. The maximum absolute atomic E-state index is 12.7. The van der Waals surface area contributed by atoms with Crippen molar-refractivity contribution in [2.45, 2.75) is 31.6 Å². The maximum atomic E-state index is 12.7. The van der Waals surface area contributed by atoms with E-state index in [0.717, 1.165) is 24.2 Å². The van der Waals surface area contributed by atoms with Crippen LogP contribution in [0.1, 0.15) is 35.0 Å². The summed E-state index contributed by atoms with van der Waals surface area (Å²) in [5.74, 6) is -0.0443. The molecule has 0 N–H and O–H groups in total. The molecule has 1 fully saturated rings. The SMILES string of the molecule is COC(=O)c1scc(C)c1S(=O)(=O)N1CCC(C)CC1. The number of thiophene rings is 1. The number of hydrogen-bond acceptors (Lipinski definition) is 5. The second-order valence-corrected chi connectivity index (χ2v) is 7.91. The summed E-state index contributed by atoms with van der Waals surface area (Å²) < 4.78 is 31.6. The van der Waals surface area contributed by atoms with E-state index in [2.05, 4.69) is 11.7 Å². The van der Waals surface area contributed by atoms with E-state index in [-0.39, 0.29) is 9.77 Å². The lowest BCUT2D eigenvalue weighted by Gasteiger charge is -2.29. The Morgan fingerprint density at radius 3 is 2.55 bits per heavy atom. The Morgan fingerprint density at radius 1 is 1.40 bits per heavy atom. The smallest absolute Gasteiger partial charge is 0.349 e. The highest BCUT2D eigenvalue weighted by Crippen LogP contribution is 2.32. The molecule has 0 bridgehead atoms. The summed E-state index contributed by atoms with van der Waals surface area (Å²) >= 11 is 1.12. The van der Waals surface area contributed by atoms with Crippen LogP contribution in [0.5, 0.6) is 0 Å². The third kappa shape index (κ3) is 2.75. The minimum Gasteiger partial charge on any atom is -0.465 e. The quantitative estimate of drug-likeness (QED) is 0.802. The largest absolute Gasteiger partial charge is 0.465 e. The highest BCUT2D eigenvalue weighted by Gasteiger charge is 2.34. The van der Waals surface area contributed by atoms with Crippen LogP contribution in [0.15, 0.2) is 10.3 Å². The van der Waals surface area contributed by atoms with Gasteiger partial charge in [-0.25, -0.2) is 13.2 Å². The summed E-state index contributed by atoms with van der Waals surface area (Å²) in [5, 5.41) is 1.69. The molecule has 5 nitrogen and oxygen atoms in total. The van der Waals surface area contributed by atoms with Gasteiger partial charge < -0.3 is 4.74 Å². The minimum atomic E-state index is -3.62. The number of esters is 1. The molecule has 1 aromatic heterocycles. The molecule has 1 saturated heterocycles. The molecule has 0 atom stereocenters. The van der Waals surface area contributed by atoms with E-state index in [1.165, 1.54) is 11.4 Å². The van der Waals surface area contributed by atoms with Gasteiger partial charge in [-0.1, -0.05) is 6.92 Å². The first kappa shape index (κ1) is 15.5. The third-order valence-electron chi connectivity index (χ3n) is 3.63. The third-order valence-corrected chi connectivity index (χ3v) is 6.92. The predicted molar refractivity (Wildman–Crippen MR) is 77.6 cm³/mol. The monoisotopic (exact) mass is 317 g/mol. The van der Waals surface area contributed by atoms with Crippen molar-refractivity contribution >= 4 is 27.3 Å². The van der Waals surface area contributed by atoms with E-state index in [9.17, 15) is 13.2 Å². The summed E-state index contributed by atoms with van der Waals surface area (Å²) in [6, 6.07) is 0. The first-order chi connectivity index (χ1) is 9.37. The van der Waals surface area contributed by atoms with Crippen LogP contribution in [-0.4, -0.2) is 38.9 Å². The molecule has 2 rings (SSSR count). The summed E-state index contributed by atoms with van der Waals surface area (Å²) in [7, 11) is -2.36. The van der Waals surface area contributed by atoms with Crippen molar-refractivity contribution in [2.24, 2.45) is 5.92 Å². The van der Waals surface area contributed by atoms with Gasteiger partial charge in [-0.2, -0.15) is 4.31 Å². The molecular weight excluding hydrogens is 298 g/mol. The number of rotatable bonds is 3. The number of piperidine rings is 1. The lowest BCUT2D eigenvalue weighted by molar-refractivity contribution is 0.0602. The van der Waals surface area contributed by atoms with Crippen LogP contribution < -0.4 is 0 Å². The van der Waals surface area contributed by atoms with Gasteiger partial charge in [0.05, 0.1) is 7.11 Å². The molecule has 2 heterocycles. The normalized spacial score (nSPS) is 18.1. The minimum absolute atomic E-state index is 0.115. The zero-order valence-electron chi connectivity index (χ0n) is 11.9. The fourth-order valence-electron chi connectivity index (χ4n) is 2.34. The van der Waals surface area contributed by atoms with E-state index in [1.54, 1.807) is 12.3 Å². The van der Waals surface area contributed by atoms with E-state index < -0.39 is 16.0 Å². The number of ether oxygens (including phenoxy) is 1. The second kappa shape index (κ2) is 5.83. The first-order valence-corrected chi connectivity index (χ1v) is 8.86. The molecular formula is C13H19NO4S2. The van der Waals surface area contributed by atoms with Gasteiger partial charge in [-0.05, 0) is 36.6 Å². The Hall–Kier alpha value is -0.920. The molecule has 0 saturated carbocycles. The average Bonchev–Trinajstić information content (AvgIpc) is 2.81. The number of carbonyl (C=O) groups is 1. The summed E-state index contributed by atoms with van der Waals surface area (Å²) in [6.07, 6.45) is 1.71. The van der Waals surface area contributed by atoms with Crippen LogP contribution in [0.4, 0.5) is 0 Å². The van der Waals surface area contributed by atoms with Crippen molar-refractivity contribution in [3.8, 4) is 0 Å². The zero-order chi connectivity index (χ0) is 14.9. The van der Waals surface area contributed by atoms with Gasteiger partial charge in [0.25, 0.3) is 0 Å². The van der Waals surface area contributed by atoms with E-state index >= 15 is 0 Å². The molecule has 112 valence electrons. The second-order valence-electron chi connectivity index (χ2n) is 5.16. The number of sulfonamides is 1. The Labute approximate surface area is 123 Å². The molecule has 1 aliphatic rings. The van der Waals surface area contributed by atoms with Crippen LogP contribution in [0, 0.1) is 12.8 Å². The number of carbonyl (C=O) groups excluding carboxylic acids is 1. The van der Waals surface area contributed by atoms with Gasteiger partial charge >= 0.3 is 5.97 Å². The van der Waals surface area contributed by atoms with Crippen LogP contribution in [0.3, 0.4) is 0 Å². The highest BCUT2D eigenvalue weighted by atomic mass is 32.2. The Morgan fingerprint density at radius 2 is 2.00 bits per heavy atom. The molecule has 0 amide bonds. The number of nitrogens with zero attached hydrogens (tertiary/aromatic N) is 1. The molecule has 0 aliphatic carbocycles. The molecule has 1 aromatic rings. The maximum Gasteiger partial charge on any atom is 0.349 e. The lowest BCUT2D eigenvalue weighted by atomic mass is 10.0. The van der Waals surface area contributed by atoms with Crippen LogP contribution in [-0.2, 0) is 14.8 Å². The van der Waals surface area contributed by atoms with Crippen molar-refractivity contribution in [1.82, 2.24) is 4.31 Å². The van der Waals surface area contributed by atoms with Crippen molar-refractivity contribution in [1.29, 1.82) is 0 Å². The summed E-state index contributed by atoms with van der Waals surface area (Å²) in [6.45, 7) is 4.86. The van der Waals surface area contributed by atoms with Gasteiger partial charge in [0.2, 0.25) is 10.0 Å². The predicted octanol–water partition coefficient (Wildman–Crippen LogP) is 2.26. The van der Waals surface area contributed by atoms with E-state index in [0.29, 0.717) is 24.6 Å². The number of methoxy groups -OCH3 is 1. The molecule has 7 heteroatoms. The van der Waals surface area contributed by atoms with E-state index in [4.69, 9.17) is 0 Å². The highest BCUT2D eigenvalue weighted by molar-refractivity contribution is 7.89.